The van der Waals surface area contributed by atoms with E-state index < -0.39 is 6.10 Å². The Morgan fingerprint density at radius 2 is 2.08 bits per heavy atom. The van der Waals surface area contributed by atoms with Crippen LogP contribution in [-0.4, -0.2) is 42.7 Å². The number of hydrogen-bond donors (Lipinski definition) is 3. The zero-order valence-electron chi connectivity index (χ0n) is 15.0. The number of hydrogen-bond acceptors (Lipinski definition) is 4. The topological polar surface area (TPSA) is 87.7 Å². The largest absolute Gasteiger partial charge is 0.496 e. The number of benzene rings is 1. The summed E-state index contributed by atoms with van der Waals surface area (Å²) < 4.78 is 5.26. The molecular formula is C19H28N2O4. The van der Waals surface area contributed by atoms with Crippen LogP contribution < -0.4 is 15.4 Å². The predicted molar refractivity (Wildman–Crippen MR) is 95.3 cm³/mol. The van der Waals surface area contributed by atoms with Crippen LogP contribution >= 0.6 is 0 Å². The molecule has 0 saturated heterocycles. The van der Waals surface area contributed by atoms with Crippen LogP contribution in [-0.2, 0) is 16.0 Å². The first-order valence-electron chi connectivity index (χ1n) is 8.92. The van der Waals surface area contributed by atoms with Crippen molar-refractivity contribution in [3.63, 3.8) is 0 Å². The molecule has 1 saturated carbocycles. The molecule has 6 nitrogen and oxygen atoms in total. The fourth-order valence-electron chi connectivity index (χ4n) is 3.20. The number of para-hydroxylation sites is 1. The van der Waals surface area contributed by atoms with Gasteiger partial charge in [-0.05, 0) is 31.7 Å². The van der Waals surface area contributed by atoms with Crippen LogP contribution in [0, 0.1) is 5.92 Å². The van der Waals surface area contributed by atoms with Crippen molar-refractivity contribution in [1.82, 2.24) is 10.6 Å². The van der Waals surface area contributed by atoms with Gasteiger partial charge in [-0.2, -0.15) is 0 Å². The van der Waals surface area contributed by atoms with Gasteiger partial charge in [-0.1, -0.05) is 25.1 Å². The first kappa shape index (κ1) is 19.2. The summed E-state index contributed by atoms with van der Waals surface area (Å²) in [6, 6.07) is 7.29. The van der Waals surface area contributed by atoms with Crippen molar-refractivity contribution in [2.24, 2.45) is 5.92 Å². The average Bonchev–Trinajstić information content (AvgIpc) is 3.04. The summed E-state index contributed by atoms with van der Waals surface area (Å²) in [6.45, 7) is 2.33. The maximum Gasteiger partial charge on any atom is 0.225 e. The first-order chi connectivity index (χ1) is 12.0. The fraction of sp³-hybridized carbons (Fsp3) is 0.579. The number of ether oxygens (including phenoxy) is 1. The minimum absolute atomic E-state index is 0.105. The van der Waals surface area contributed by atoms with Gasteiger partial charge in [0, 0.05) is 18.2 Å². The van der Waals surface area contributed by atoms with Crippen molar-refractivity contribution < 1.29 is 19.4 Å². The normalized spacial score (nSPS) is 20.8. The highest BCUT2D eigenvalue weighted by Crippen LogP contribution is 2.25. The zero-order chi connectivity index (χ0) is 18.2. The number of carbonyl (C=O) groups is 2. The molecule has 1 aliphatic carbocycles. The number of amides is 2. The van der Waals surface area contributed by atoms with Gasteiger partial charge >= 0.3 is 0 Å². The summed E-state index contributed by atoms with van der Waals surface area (Å²) in [4.78, 5) is 24.4. The van der Waals surface area contributed by atoms with Gasteiger partial charge in [-0.3, -0.25) is 9.59 Å². The Hall–Kier alpha value is -2.08. The molecule has 1 aromatic carbocycles. The molecule has 3 atom stereocenters. The molecule has 0 radical (unpaired) electrons. The molecule has 138 valence electrons. The lowest BCUT2D eigenvalue weighted by Gasteiger charge is -2.20. The van der Waals surface area contributed by atoms with Crippen LogP contribution in [0.15, 0.2) is 24.3 Å². The van der Waals surface area contributed by atoms with Gasteiger partial charge in [0.1, 0.15) is 5.75 Å². The molecule has 1 aliphatic rings. The maximum absolute atomic E-state index is 12.3. The van der Waals surface area contributed by atoms with Crippen LogP contribution in [0.3, 0.4) is 0 Å². The van der Waals surface area contributed by atoms with Crippen molar-refractivity contribution in [3.05, 3.63) is 29.8 Å². The Morgan fingerprint density at radius 3 is 2.72 bits per heavy atom. The molecule has 1 fully saturated rings. The smallest absolute Gasteiger partial charge is 0.225 e. The van der Waals surface area contributed by atoms with Gasteiger partial charge in [0.25, 0.3) is 0 Å². The minimum Gasteiger partial charge on any atom is -0.496 e. The van der Waals surface area contributed by atoms with Gasteiger partial charge in [0.2, 0.25) is 11.8 Å². The number of aliphatic hydroxyl groups excluding tert-OH is 1. The van der Waals surface area contributed by atoms with E-state index in [9.17, 15) is 14.7 Å². The monoisotopic (exact) mass is 348 g/mol. The summed E-state index contributed by atoms with van der Waals surface area (Å²) in [6.07, 6.45) is 2.70. The molecule has 0 spiro atoms. The Labute approximate surface area is 149 Å². The standard InChI is InChI=1S/C19H28N2O4/c1-3-14(12-20-19(24)15-8-6-9-16(15)22)21-18(23)11-13-7-4-5-10-17(13)25-2/h4-5,7,10,14-16,22H,3,6,8-9,11-12H2,1-2H3,(H,20,24)(H,21,23). The van der Waals surface area contributed by atoms with Crippen LogP contribution in [0.25, 0.3) is 0 Å². The van der Waals surface area contributed by atoms with E-state index >= 15 is 0 Å². The summed E-state index contributed by atoms with van der Waals surface area (Å²) in [7, 11) is 1.58. The van der Waals surface area contributed by atoms with Crippen LogP contribution in [0.1, 0.15) is 38.2 Å². The van der Waals surface area contributed by atoms with Gasteiger partial charge in [-0.25, -0.2) is 0 Å². The Kier molecular flexibility index (Phi) is 7.25. The van der Waals surface area contributed by atoms with E-state index in [-0.39, 0.29) is 30.2 Å². The molecule has 0 bridgehead atoms. The van der Waals surface area contributed by atoms with Gasteiger partial charge in [-0.15, -0.1) is 0 Å². The van der Waals surface area contributed by atoms with E-state index in [1.54, 1.807) is 7.11 Å². The second-order valence-corrected chi connectivity index (χ2v) is 6.51. The molecular weight excluding hydrogens is 320 g/mol. The summed E-state index contributed by atoms with van der Waals surface area (Å²) in [5.74, 6) is 0.143. The molecule has 2 amide bonds. The van der Waals surface area contributed by atoms with Crippen molar-refractivity contribution in [3.8, 4) is 5.75 Å². The second-order valence-electron chi connectivity index (χ2n) is 6.51. The third-order valence-electron chi connectivity index (χ3n) is 4.74. The number of nitrogens with one attached hydrogen (secondary N) is 2. The van der Waals surface area contributed by atoms with Crippen molar-refractivity contribution >= 4 is 11.8 Å². The van der Waals surface area contributed by atoms with Crippen LogP contribution in [0.2, 0.25) is 0 Å². The SMILES string of the molecule is CCC(CNC(=O)C1CCCC1O)NC(=O)Cc1ccccc1OC. The van der Waals surface area contributed by atoms with Crippen molar-refractivity contribution in [2.45, 2.75) is 51.2 Å². The molecule has 25 heavy (non-hydrogen) atoms. The molecule has 1 aromatic rings. The highest BCUT2D eigenvalue weighted by molar-refractivity contribution is 5.81. The van der Waals surface area contributed by atoms with E-state index in [1.807, 2.05) is 31.2 Å². The van der Waals surface area contributed by atoms with E-state index in [2.05, 4.69) is 10.6 Å². The number of aliphatic hydroxyl groups is 1. The second kappa shape index (κ2) is 9.42. The molecule has 2 rings (SSSR count). The molecule has 0 aliphatic heterocycles. The Morgan fingerprint density at radius 1 is 1.32 bits per heavy atom. The van der Waals surface area contributed by atoms with Gasteiger partial charge < -0.3 is 20.5 Å². The highest BCUT2D eigenvalue weighted by atomic mass is 16.5. The number of rotatable bonds is 8. The summed E-state index contributed by atoms with van der Waals surface area (Å²) in [5, 5.41) is 15.6. The third kappa shape index (κ3) is 5.46. The van der Waals surface area contributed by atoms with Gasteiger partial charge in [0.15, 0.2) is 0 Å². The maximum atomic E-state index is 12.3. The molecule has 0 heterocycles. The molecule has 3 unspecified atom stereocenters. The van der Waals surface area contributed by atoms with Crippen molar-refractivity contribution in [1.29, 1.82) is 0 Å². The Balaban J connectivity index is 1.82. The average molecular weight is 348 g/mol. The lowest BCUT2D eigenvalue weighted by molar-refractivity contribution is -0.128. The molecule has 0 aromatic heterocycles. The number of methoxy groups -OCH3 is 1. The van der Waals surface area contributed by atoms with Crippen LogP contribution in [0.5, 0.6) is 5.75 Å². The lowest BCUT2D eigenvalue weighted by atomic mass is 10.0. The quantitative estimate of drug-likeness (QED) is 0.663. The lowest BCUT2D eigenvalue weighted by Crippen LogP contribution is -2.46. The van der Waals surface area contributed by atoms with Crippen LogP contribution in [0.4, 0.5) is 0 Å². The van der Waals surface area contributed by atoms with E-state index in [0.29, 0.717) is 25.1 Å². The summed E-state index contributed by atoms with van der Waals surface area (Å²) in [5.41, 5.74) is 0.829. The van der Waals surface area contributed by atoms with E-state index in [0.717, 1.165) is 18.4 Å². The Bertz CT molecular complexity index is 591. The summed E-state index contributed by atoms with van der Waals surface area (Å²) >= 11 is 0. The molecule has 6 heteroatoms. The van der Waals surface area contributed by atoms with Gasteiger partial charge in [0.05, 0.1) is 25.6 Å². The van der Waals surface area contributed by atoms with E-state index in [1.165, 1.54) is 0 Å². The molecule has 3 N–H and O–H groups in total. The number of carbonyl (C=O) groups excluding carboxylic acids is 2. The first-order valence-corrected chi connectivity index (χ1v) is 8.92. The van der Waals surface area contributed by atoms with Crippen molar-refractivity contribution in [2.75, 3.05) is 13.7 Å². The predicted octanol–water partition coefficient (Wildman–Crippen LogP) is 1.41. The minimum atomic E-state index is -0.541. The van der Waals surface area contributed by atoms with E-state index in [4.69, 9.17) is 4.74 Å². The third-order valence-corrected chi connectivity index (χ3v) is 4.74. The zero-order valence-corrected chi connectivity index (χ0v) is 15.0. The highest BCUT2D eigenvalue weighted by Gasteiger charge is 2.31. The fourth-order valence-corrected chi connectivity index (χ4v) is 3.20.